The molecular weight excluding hydrogens is 531 g/mol. The van der Waals surface area contributed by atoms with Crippen LogP contribution in [0.1, 0.15) is 155 Å². The van der Waals surface area contributed by atoms with Crippen molar-refractivity contribution in [1.29, 1.82) is 0 Å². The number of unbranched alkanes of at least 4 members (excludes halogenated alkanes) is 5. The number of rotatable bonds is 15. The van der Waals surface area contributed by atoms with E-state index in [0.29, 0.717) is 13.0 Å². The van der Waals surface area contributed by atoms with Gasteiger partial charge in [-0.1, -0.05) is 65.2 Å². The van der Waals surface area contributed by atoms with E-state index >= 15 is 0 Å². The second-order valence-electron chi connectivity index (χ2n) is 12.2. The SMILES string of the molecule is CCCCCCCCOS(=O)(=O)[O-].CCCOC(=O)C[P+](C1CCCCC1)(C1CCCCC1)C1CCCCC1. The van der Waals surface area contributed by atoms with E-state index in [-0.39, 0.29) is 12.6 Å². The molecule has 8 heteroatoms. The summed E-state index contributed by atoms with van der Waals surface area (Å²) in [5, 5.41) is 0. The Hall–Kier alpha value is -0.230. The molecule has 230 valence electrons. The smallest absolute Gasteiger partial charge is 0.343 e. The lowest BCUT2D eigenvalue weighted by Gasteiger charge is -2.48. The molecule has 6 nitrogen and oxygen atoms in total. The summed E-state index contributed by atoms with van der Waals surface area (Å²) in [7, 11) is -5.76. The fourth-order valence-corrected chi connectivity index (χ4v) is 14.9. The minimum absolute atomic E-state index is 0.0258. The van der Waals surface area contributed by atoms with Crippen LogP contribution in [0.4, 0.5) is 0 Å². The molecule has 0 aromatic rings. The van der Waals surface area contributed by atoms with Crippen molar-refractivity contribution < 1.29 is 26.7 Å². The van der Waals surface area contributed by atoms with Crippen LogP contribution in [0.25, 0.3) is 0 Å². The summed E-state index contributed by atoms with van der Waals surface area (Å²) in [6.07, 6.45) is 29.3. The summed E-state index contributed by atoms with van der Waals surface area (Å²) in [5.74, 6) is 0.168. The van der Waals surface area contributed by atoms with E-state index in [1.54, 1.807) is 0 Å². The van der Waals surface area contributed by atoms with Crippen LogP contribution >= 0.6 is 7.26 Å². The summed E-state index contributed by atoms with van der Waals surface area (Å²) in [5.41, 5.74) is 2.66. The Morgan fingerprint density at radius 2 is 1.10 bits per heavy atom. The molecule has 0 heterocycles. The van der Waals surface area contributed by atoms with E-state index in [0.717, 1.165) is 42.4 Å². The summed E-state index contributed by atoms with van der Waals surface area (Å²) in [4.78, 5) is 13.0. The summed E-state index contributed by atoms with van der Waals surface area (Å²) >= 11 is 0. The lowest BCUT2D eigenvalue weighted by atomic mass is 9.99. The van der Waals surface area contributed by atoms with Crippen molar-refractivity contribution in [2.24, 2.45) is 0 Å². The van der Waals surface area contributed by atoms with Crippen molar-refractivity contribution in [3.05, 3.63) is 0 Å². The molecule has 0 amide bonds. The molecule has 0 unspecified atom stereocenters. The summed E-state index contributed by atoms with van der Waals surface area (Å²) in [6.45, 7) is 4.89. The topological polar surface area (TPSA) is 92.7 Å². The van der Waals surface area contributed by atoms with Crippen LogP contribution in [0, 0.1) is 0 Å². The molecule has 0 aromatic carbocycles. The summed E-state index contributed by atoms with van der Waals surface area (Å²) in [6, 6.07) is 0. The molecule has 3 saturated carbocycles. The van der Waals surface area contributed by atoms with E-state index in [4.69, 9.17) is 4.74 Å². The number of carbonyl (C=O) groups is 1. The normalized spacial score (nSPS) is 20.3. The van der Waals surface area contributed by atoms with Gasteiger partial charge in [-0.25, -0.2) is 13.2 Å². The van der Waals surface area contributed by atoms with Gasteiger partial charge < -0.3 is 9.29 Å². The number of hydrogen-bond acceptors (Lipinski definition) is 6. The first-order chi connectivity index (χ1) is 18.8. The second kappa shape index (κ2) is 19.8. The van der Waals surface area contributed by atoms with Crippen molar-refractivity contribution in [3.8, 4) is 0 Å². The van der Waals surface area contributed by atoms with Crippen molar-refractivity contribution in [2.45, 2.75) is 172 Å². The van der Waals surface area contributed by atoms with E-state index in [9.17, 15) is 17.8 Å². The molecule has 3 fully saturated rings. The van der Waals surface area contributed by atoms with Crippen LogP contribution in [0.3, 0.4) is 0 Å². The molecule has 0 saturated heterocycles. The average Bonchev–Trinajstić information content (AvgIpc) is 2.95. The van der Waals surface area contributed by atoms with Gasteiger partial charge in [-0.2, -0.15) is 0 Å². The van der Waals surface area contributed by atoms with Gasteiger partial charge in [-0.15, -0.1) is 0 Å². The van der Waals surface area contributed by atoms with Crippen molar-refractivity contribution in [1.82, 2.24) is 0 Å². The highest BCUT2D eigenvalue weighted by Crippen LogP contribution is 2.77. The molecule has 3 aliphatic rings. The zero-order chi connectivity index (χ0) is 28.4. The van der Waals surface area contributed by atoms with Crippen LogP contribution in [0.15, 0.2) is 0 Å². The molecule has 0 aliphatic heterocycles. The highest BCUT2D eigenvalue weighted by Gasteiger charge is 2.58. The molecule has 39 heavy (non-hydrogen) atoms. The van der Waals surface area contributed by atoms with Gasteiger partial charge in [0.1, 0.15) is 0 Å². The Morgan fingerprint density at radius 1 is 0.667 bits per heavy atom. The van der Waals surface area contributed by atoms with Gasteiger partial charge in [0.2, 0.25) is 10.4 Å². The van der Waals surface area contributed by atoms with Crippen LogP contribution in [0.5, 0.6) is 0 Å². The Balaban J connectivity index is 0.000000349. The van der Waals surface area contributed by atoms with Crippen LogP contribution in [-0.4, -0.2) is 55.3 Å². The number of esters is 1. The molecule has 3 aliphatic carbocycles. The van der Waals surface area contributed by atoms with Crippen molar-refractivity contribution >= 4 is 23.6 Å². The zero-order valence-electron chi connectivity index (χ0n) is 25.2. The molecule has 3 rings (SSSR count). The number of carbonyl (C=O) groups excluding carboxylic acids is 1. The first-order valence-electron chi connectivity index (χ1n) is 16.5. The van der Waals surface area contributed by atoms with E-state index in [1.165, 1.54) is 116 Å². The molecule has 0 bridgehead atoms. The maximum atomic E-state index is 13.0. The predicted octanol–water partition coefficient (Wildman–Crippen LogP) is 8.78. The highest BCUT2D eigenvalue weighted by atomic mass is 32.3. The third-order valence-corrected chi connectivity index (χ3v) is 16.2. The quantitative estimate of drug-likeness (QED) is 0.0622. The first kappa shape index (κ1) is 35.0. The number of hydrogen-bond donors (Lipinski definition) is 0. The Morgan fingerprint density at radius 3 is 1.51 bits per heavy atom. The maximum Gasteiger partial charge on any atom is 0.343 e. The molecule has 0 N–H and O–H groups in total. The van der Waals surface area contributed by atoms with Crippen LogP contribution in [0.2, 0.25) is 0 Å². The lowest BCUT2D eigenvalue weighted by Crippen LogP contribution is -2.39. The molecule has 0 aromatic heterocycles. The summed E-state index contributed by atoms with van der Waals surface area (Å²) < 4.78 is 39.7. The van der Waals surface area contributed by atoms with E-state index in [1.807, 2.05) is 0 Å². The van der Waals surface area contributed by atoms with Gasteiger partial charge in [0.15, 0.2) is 6.16 Å². The Labute approximate surface area is 241 Å². The number of ether oxygens (including phenoxy) is 1. The average molecular weight is 591 g/mol. The largest absolute Gasteiger partial charge is 0.726 e. The minimum Gasteiger partial charge on any atom is -0.726 e. The van der Waals surface area contributed by atoms with Gasteiger partial charge in [0, 0.05) is 7.26 Å². The second-order valence-corrected chi connectivity index (χ2v) is 17.8. The maximum absolute atomic E-state index is 13.0. The predicted molar refractivity (Wildman–Crippen MR) is 163 cm³/mol. The highest BCUT2D eigenvalue weighted by molar-refractivity contribution is 7.80. The van der Waals surface area contributed by atoms with E-state index in [2.05, 4.69) is 18.0 Å². The van der Waals surface area contributed by atoms with Crippen LogP contribution < -0.4 is 0 Å². The Bertz CT molecular complexity index is 695. The molecule has 0 spiro atoms. The first-order valence-corrected chi connectivity index (χ1v) is 20.0. The molecule has 0 atom stereocenters. The van der Waals surface area contributed by atoms with Crippen molar-refractivity contribution in [3.63, 3.8) is 0 Å². The minimum atomic E-state index is -4.47. The monoisotopic (exact) mass is 590 g/mol. The third kappa shape index (κ3) is 13.1. The lowest BCUT2D eigenvalue weighted by molar-refractivity contribution is -0.140. The standard InChI is InChI=1S/C23H42O2P.C8H18O4S/c1-2-18-25-23(24)19-26(20-12-6-3-7-13-20,21-14-8-4-9-15-21)22-16-10-5-11-17-22;1-2-3-4-5-6-7-8-12-13(9,10)11/h20-22H,2-19H2,1H3;2-8H2,1H3,(H,9,10,11)/q+1;/p-1. The third-order valence-electron chi connectivity index (χ3n) is 9.36. The van der Waals surface area contributed by atoms with E-state index < -0.39 is 17.7 Å². The van der Waals surface area contributed by atoms with Crippen LogP contribution in [-0.2, 0) is 24.1 Å². The molecular formula is C31H59O6PS. The van der Waals surface area contributed by atoms with Gasteiger partial charge in [-0.3, -0.25) is 4.18 Å². The van der Waals surface area contributed by atoms with Gasteiger partial charge in [0.25, 0.3) is 0 Å². The Kier molecular flexibility index (Phi) is 17.8. The molecule has 0 radical (unpaired) electrons. The van der Waals surface area contributed by atoms with Crippen molar-refractivity contribution in [2.75, 3.05) is 19.4 Å². The van der Waals surface area contributed by atoms with Gasteiger partial charge in [0.05, 0.1) is 30.2 Å². The van der Waals surface area contributed by atoms with Gasteiger partial charge >= 0.3 is 5.97 Å². The van der Waals surface area contributed by atoms with Gasteiger partial charge in [-0.05, 0) is 89.9 Å². The fourth-order valence-electron chi connectivity index (χ4n) is 7.50. The zero-order valence-corrected chi connectivity index (χ0v) is 26.9. The fraction of sp³-hybridized carbons (Fsp3) is 0.968.